The van der Waals surface area contributed by atoms with Gasteiger partial charge < -0.3 is 15.3 Å². The molecule has 0 aromatic carbocycles. The quantitative estimate of drug-likeness (QED) is 0.766. The second-order valence-corrected chi connectivity index (χ2v) is 5.38. The minimum Gasteiger partial charge on any atom is -0.481 e. The van der Waals surface area contributed by atoms with E-state index in [9.17, 15) is 9.59 Å². The maximum atomic E-state index is 11.9. The highest BCUT2D eigenvalue weighted by Crippen LogP contribution is 2.27. The highest BCUT2D eigenvalue weighted by atomic mass is 16.4. The lowest BCUT2D eigenvalue weighted by molar-refractivity contribution is -0.141. The Labute approximate surface area is 113 Å². The average molecular weight is 269 g/mol. The summed E-state index contributed by atoms with van der Waals surface area (Å²) in [6.45, 7) is 5.40. The van der Waals surface area contributed by atoms with E-state index in [2.05, 4.69) is 10.2 Å². The number of piperazine rings is 1. The highest BCUT2D eigenvalue weighted by Gasteiger charge is 2.32. The molecule has 1 unspecified atom stereocenters. The van der Waals surface area contributed by atoms with Gasteiger partial charge in [0.05, 0.1) is 5.92 Å². The number of urea groups is 1. The molecule has 2 rings (SSSR count). The van der Waals surface area contributed by atoms with E-state index >= 15 is 0 Å². The Morgan fingerprint density at radius 1 is 1.26 bits per heavy atom. The van der Waals surface area contributed by atoms with Gasteiger partial charge >= 0.3 is 12.0 Å². The normalized spacial score (nSPS) is 22.1. The molecule has 2 fully saturated rings. The number of hydrogen-bond acceptors (Lipinski definition) is 3. The molecule has 6 heteroatoms. The largest absolute Gasteiger partial charge is 0.481 e. The lowest BCUT2D eigenvalue weighted by Gasteiger charge is -2.34. The SMILES string of the molecule is CCC(CNC(=O)N1CCN(C2CC2)CC1)C(=O)O. The standard InChI is InChI=1S/C13H23N3O3/c1-2-10(12(17)18)9-14-13(19)16-7-5-15(6-8-16)11-3-4-11/h10-11H,2-9H2,1H3,(H,14,19)(H,17,18). The Bertz CT molecular complexity index is 336. The van der Waals surface area contributed by atoms with Crippen LogP contribution < -0.4 is 5.32 Å². The van der Waals surface area contributed by atoms with Gasteiger partial charge in [0.15, 0.2) is 0 Å². The van der Waals surface area contributed by atoms with Crippen molar-refractivity contribution >= 4 is 12.0 Å². The van der Waals surface area contributed by atoms with E-state index in [-0.39, 0.29) is 12.6 Å². The van der Waals surface area contributed by atoms with E-state index in [1.54, 1.807) is 4.90 Å². The van der Waals surface area contributed by atoms with Crippen molar-refractivity contribution in [1.82, 2.24) is 15.1 Å². The molecule has 108 valence electrons. The monoisotopic (exact) mass is 269 g/mol. The van der Waals surface area contributed by atoms with Gasteiger partial charge in [0.1, 0.15) is 0 Å². The molecule has 1 saturated heterocycles. The van der Waals surface area contributed by atoms with Crippen LogP contribution >= 0.6 is 0 Å². The summed E-state index contributed by atoms with van der Waals surface area (Å²) >= 11 is 0. The molecule has 0 bridgehead atoms. The zero-order chi connectivity index (χ0) is 13.8. The van der Waals surface area contributed by atoms with Crippen molar-refractivity contribution in [2.45, 2.75) is 32.2 Å². The van der Waals surface area contributed by atoms with Crippen LogP contribution in [-0.4, -0.2) is 65.7 Å². The van der Waals surface area contributed by atoms with Crippen molar-refractivity contribution in [3.05, 3.63) is 0 Å². The molecular weight excluding hydrogens is 246 g/mol. The fourth-order valence-corrected chi connectivity index (χ4v) is 2.46. The number of nitrogens with one attached hydrogen (secondary N) is 1. The van der Waals surface area contributed by atoms with Crippen molar-refractivity contribution in [3.63, 3.8) is 0 Å². The van der Waals surface area contributed by atoms with Gasteiger partial charge in [-0.3, -0.25) is 9.69 Å². The summed E-state index contributed by atoms with van der Waals surface area (Å²) in [4.78, 5) is 27.0. The summed E-state index contributed by atoms with van der Waals surface area (Å²) < 4.78 is 0. The third kappa shape index (κ3) is 3.83. The first kappa shape index (κ1) is 14.1. The average Bonchev–Trinajstić information content (AvgIpc) is 3.23. The number of amides is 2. The number of carbonyl (C=O) groups is 2. The van der Waals surface area contributed by atoms with Crippen LogP contribution in [0.3, 0.4) is 0 Å². The molecule has 0 aromatic heterocycles. The maximum Gasteiger partial charge on any atom is 0.317 e. The van der Waals surface area contributed by atoms with Crippen molar-refractivity contribution in [2.24, 2.45) is 5.92 Å². The van der Waals surface area contributed by atoms with E-state index in [1.165, 1.54) is 12.8 Å². The van der Waals surface area contributed by atoms with Crippen LogP contribution in [0.2, 0.25) is 0 Å². The fraction of sp³-hybridized carbons (Fsp3) is 0.846. The molecule has 1 aliphatic heterocycles. The first-order valence-corrected chi connectivity index (χ1v) is 7.11. The van der Waals surface area contributed by atoms with Crippen LogP contribution in [0, 0.1) is 5.92 Å². The molecule has 1 saturated carbocycles. The van der Waals surface area contributed by atoms with E-state index in [0.29, 0.717) is 6.42 Å². The number of carboxylic acid groups (broad SMARTS) is 1. The van der Waals surface area contributed by atoms with Crippen LogP contribution in [0.25, 0.3) is 0 Å². The molecule has 1 atom stereocenters. The summed E-state index contributed by atoms with van der Waals surface area (Å²) in [5, 5.41) is 11.7. The van der Waals surface area contributed by atoms with Crippen LogP contribution in [-0.2, 0) is 4.79 Å². The van der Waals surface area contributed by atoms with Crippen LogP contribution in [0.4, 0.5) is 4.79 Å². The minimum absolute atomic E-state index is 0.129. The highest BCUT2D eigenvalue weighted by molar-refractivity contribution is 5.76. The van der Waals surface area contributed by atoms with Gasteiger partial charge in [-0.05, 0) is 19.3 Å². The zero-order valence-corrected chi connectivity index (χ0v) is 11.5. The number of carboxylic acids is 1. The van der Waals surface area contributed by atoms with Gasteiger partial charge in [0.25, 0.3) is 0 Å². The Morgan fingerprint density at radius 3 is 2.37 bits per heavy atom. The summed E-state index contributed by atoms with van der Waals surface area (Å²) in [7, 11) is 0. The zero-order valence-electron chi connectivity index (χ0n) is 11.5. The van der Waals surface area contributed by atoms with Crippen LogP contribution in [0.5, 0.6) is 0 Å². The molecule has 0 spiro atoms. The maximum absolute atomic E-state index is 11.9. The lowest BCUT2D eigenvalue weighted by atomic mass is 10.1. The molecule has 2 aliphatic rings. The molecule has 0 radical (unpaired) electrons. The van der Waals surface area contributed by atoms with Gasteiger partial charge in [0.2, 0.25) is 0 Å². The molecule has 2 N–H and O–H groups in total. The molecular formula is C13H23N3O3. The van der Waals surface area contributed by atoms with Gasteiger partial charge in [-0.2, -0.15) is 0 Å². The molecule has 6 nitrogen and oxygen atoms in total. The Hall–Kier alpha value is -1.30. The molecule has 19 heavy (non-hydrogen) atoms. The Balaban J connectivity index is 1.70. The fourth-order valence-electron chi connectivity index (χ4n) is 2.46. The van der Waals surface area contributed by atoms with Crippen LogP contribution in [0.15, 0.2) is 0 Å². The van der Waals surface area contributed by atoms with Crippen molar-refractivity contribution in [3.8, 4) is 0 Å². The van der Waals surface area contributed by atoms with Gasteiger partial charge in [-0.1, -0.05) is 6.92 Å². The van der Waals surface area contributed by atoms with Crippen LogP contribution in [0.1, 0.15) is 26.2 Å². The smallest absolute Gasteiger partial charge is 0.317 e. The number of nitrogens with zero attached hydrogens (tertiary/aromatic N) is 2. The molecule has 1 aliphatic carbocycles. The predicted molar refractivity (Wildman–Crippen MR) is 71.0 cm³/mol. The van der Waals surface area contributed by atoms with Crippen molar-refractivity contribution in [1.29, 1.82) is 0 Å². The van der Waals surface area contributed by atoms with E-state index in [4.69, 9.17) is 5.11 Å². The molecule has 1 heterocycles. The first-order valence-electron chi connectivity index (χ1n) is 7.11. The minimum atomic E-state index is -0.846. The Kier molecular flexibility index (Phi) is 4.63. The van der Waals surface area contributed by atoms with E-state index in [0.717, 1.165) is 32.2 Å². The topological polar surface area (TPSA) is 72.9 Å². The number of rotatable bonds is 5. The van der Waals surface area contributed by atoms with Crippen molar-refractivity contribution in [2.75, 3.05) is 32.7 Å². The summed E-state index contributed by atoms with van der Waals surface area (Å²) in [5.41, 5.74) is 0. The summed E-state index contributed by atoms with van der Waals surface area (Å²) in [6.07, 6.45) is 3.12. The molecule has 0 aromatic rings. The third-order valence-corrected chi connectivity index (χ3v) is 4.01. The van der Waals surface area contributed by atoms with Gasteiger partial charge in [0, 0.05) is 38.8 Å². The second-order valence-electron chi connectivity index (χ2n) is 5.38. The second kappa shape index (κ2) is 6.23. The van der Waals surface area contributed by atoms with Crippen molar-refractivity contribution < 1.29 is 14.7 Å². The lowest BCUT2D eigenvalue weighted by Crippen LogP contribution is -2.52. The third-order valence-electron chi connectivity index (χ3n) is 4.01. The first-order chi connectivity index (χ1) is 9.11. The predicted octanol–water partition coefficient (Wildman–Crippen LogP) is 0.587. The van der Waals surface area contributed by atoms with Gasteiger partial charge in [-0.25, -0.2) is 4.79 Å². The van der Waals surface area contributed by atoms with E-state index in [1.807, 2.05) is 6.92 Å². The molecule has 2 amide bonds. The summed E-state index contributed by atoms with van der Waals surface area (Å²) in [6, 6.07) is 0.622. The number of aliphatic carboxylic acids is 1. The summed E-state index contributed by atoms with van der Waals surface area (Å²) in [5.74, 6) is -1.34. The number of carbonyl (C=O) groups excluding carboxylic acids is 1. The number of hydrogen-bond donors (Lipinski definition) is 2. The van der Waals surface area contributed by atoms with Gasteiger partial charge in [-0.15, -0.1) is 0 Å². The van der Waals surface area contributed by atoms with E-state index < -0.39 is 11.9 Å². The Morgan fingerprint density at radius 2 is 1.89 bits per heavy atom.